The molecule has 7 nitrogen and oxygen atoms in total. The third kappa shape index (κ3) is 3.94. The van der Waals surface area contributed by atoms with Crippen molar-refractivity contribution < 1.29 is 27.1 Å². The number of ether oxygens (including phenoxy) is 2. The molecular formula is C17H17FN2O5S. The van der Waals surface area contributed by atoms with Crippen LogP contribution in [0.1, 0.15) is 13.3 Å². The first kappa shape index (κ1) is 18.2. The van der Waals surface area contributed by atoms with Crippen LogP contribution in [0.25, 0.3) is 0 Å². The Morgan fingerprint density at radius 3 is 2.54 bits per heavy atom. The van der Waals surface area contributed by atoms with Gasteiger partial charge in [0, 0.05) is 11.8 Å². The predicted molar refractivity (Wildman–Crippen MR) is 92.0 cm³/mol. The number of carbonyl (C=O) groups excluding carboxylic acids is 1. The molecule has 0 saturated heterocycles. The zero-order valence-corrected chi connectivity index (χ0v) is 14.7. The van der Waals surface area contributed by atoms with Gasteiger partial charge in [-0.3, -0.25) is 4.79 Å². The fraction of sp³-hybridized carbons (Fsp3) is 0.235. The zero-order chi connectivity index (χ0) is 18.7. The van der Waals surface area contributed by atoms with Crippen molar-refractivity contribution in [2.24, 2.45) is 0 Å². The Labute approximate surface area is 150 Å². The number of sulfonamides is 1. The summed E-state index contributed by atoms with van der Waals surface area (Å²) in [5.41, 5.74) is 0.457. The number of nitrogens with one attached hydrogen (secondary N) is 2. The summed E-state index contributed by atoms with van der Waals surface area (Å²) in [5.74, 6) is 0.0170. The highest BCUT2D eigenvalue weighted by atomic mass is 32.2. The molecule has 0 aromatic heterocycles. The summed E-state index contributed by atoms with van der Waals surface area (Å²) in [4.78, 5) is 12.3. The van der Waals surface area contributed by atoms with Crippen molar-refractivity contribution in [3.05, 3.63) is 48.3 Å². The quantitative estimate of drug-likeness (QED) is 0.802. The van der Waals surface area contributed by atoms with Gasteiger partial charge in [-0.15, -0.1) is 0 Å². The summed E-state index contributed by atoms with van der Waals surface area (Å²) in [6.07, 6.45) is 0.233. The molecule has 1 amide bonds. The van der Waals surface area contributed by atoms with E-state index in [1.807, 2.05) is 0 Å². The molecule has 2 N–H and O–H groups in total. The summed E-state index contributed by atoms with van der Waals surface area (Å²) < 4.78 is 50.5. The van der Waals surface area contributed by atoms with E-state index in [9.17, 15) is 17.6 Å². The van der Waals surface area contributed by atoms with Crippen molar-refractivity contribution in [2.75, 3.05) is 12.1 Å². The number of carbonyl (C=O) groups is 1. The highest BCUT2D eigenvalue weighted by Gasteiger charge is 2.25. The highest BCUT2D eigenvalue weighted by molar-refractivity contribution is 7.89. The first-order valence-electron chi connectivity index (χ1n) is 7.87. The van der Waals surface area contributed by atoms with Crippen LogP contribution in [0.15, 0.2) is 47.4 Å². The molecule has 1 unspecified atom stereocenters. The fourth-order valence-corrected chi connectivity index (χ4v) is 3.67. The van der Waals surface area contributed by atoms with Crippen molar-refractivity contribution in [2.45, 2.75) is 24.3 Å². The molecule has 26 heavy (non-hydrogen) atoms. The third-order valence-electron chi connectivity index (χ3n) is 3.79. The molecule has 1 aliphatic rings. The molecule has 0 bridgehead atoms. The molecule has 0 radical (unpaired) electrons. The molecule has 2 aromatic rings. The van der Waals surface area contributed by atoms with E-state index in [1.165, 1.54) is 0 Å². The van der Waals surface area contributed by atoms with Crippen LogP contribution in [0.5, 0.6) is 11.5 Å². The molecule has 138 valence electrons. The van der Waals surface area contributed by atoms with E-state index in [2.05, 4.69) is 10.0 Å². The van der Waals surface area contributed by atoms with E-state index >= 15 is 0 Å². The average molecular weight is 380 g/mol. The van der Waals surface area contributed by atoms with Crippen molar-refractivity contribution in [3.8, 4) is 11.5 Å². The van der Waals surface area contributed by atoms with Crippen molar-refractivity contribution in [1.29, 1.82) is 0 Å². The predicted octanol–water partition coefficient (Wildman–Crippen LogP) is 2.25. The number of hydrogen-bond donors (Lipinski definition) is 2. The maximum atomic E-state index is 13.0. The average Bonchev–Trinajstić information content (AvgIpc) is 3.07. The number of benzene rings is 2. The van der Waals surface area contributed by atoms with Crippen LogP contribution in [0, 0.1) is 5.82 Å². The Bertz CT molecular complexity index is 915. The molecule has 0 saturated carbocycles. The molecular weight excluding hydrogens is 363 g/mol. The van der Waals surface area contributed by atoms with E-state index in [-0.39, 0.29) is 18.1 Å². The minimum Gasteiger partial charge on any atom is -0.454 e. The number of amides is 1. The monoisotopic (exact) mass is 380 g/mol. The highest BCUT2D eigenvalue weighted by Crippen LogP contribution is 2.34. The van der Waals surface area contributed by atoms with Gasteiger partial charge in [0.2, 0.25) is 22.7 Å². The lowest BCUT2D eigenvalue weighted by atomic mass is 10.2. The van der Waals surface area contributed by atoms with Crippen LogP contribution in [0.3, 0.4) is 0 Å². The Morgan fingerprint density at radius 2 is 1.85 bits per heavy atom. The maximum Gasteiger partial charge on any atom is 0.242 e. The standard InChI is InChI=1S/C17H17FN2O5S/c1-2-14(20-26(22,23)13-6-3-11(18)4-7-13)17(21)19-12-5-8-15-16(9-12)25-10-24-15/h3-9,14,20H,2,10H2,1H3,(H,19,21). The van der Waals surface area contributed by atoms with Gasteiger partial charge in [0.25, 0.3) is 0 Å². The van der Waals surface area contributed by atoms with Gasteiger partial charge in [0.1, 0.15) is 11.9 Å². The second-order valence-electron chi connectivity index (χ2n) is 5.59. The minimum absolute atomic E-state index is 0.113. The van der Waals surface area contributed by atoms with Crippen LogP contribution in [0.4, 0.5) is 10.1 Å². The van der Waals surface area contributed by atoms with Gasteiger partial charge >= 0.3 is 0 Å². The number of anilines is 1. The van der Waals surface area contributed by atoms with Gasteiger partial charge in [-0.2, -0.15) is 4.72 Å². The molecule has 1 heterocycles. The summed E-state index contributed by atoms with van der Waals surface area (Å²) in [6.45, 7) is 1.79. The van der Waals surface area contributed by atoms with Crippen LogP contribution in [-0.4, -0.2) is 27.2 Å². The van der Waals surface area contributed by atoms with Gasteiger partial charge in [-0.1, -0.05) is 6.92 Å². The van der Waals surface area contributed by atoms with E-state index in [0.29, 0.717) is 17.2 Å². The second-order valence-corrected chi connectivity index (χ2v) is 7.31. The van der Waals surface area contributed by atoms with E-state index in [1.54, 1.807) is 25.1 Å². The smallest absolute Gasteiger partial charge is 0.242 e. The molecule has 1 atom stereocenters. The summed E-state index contributed by atoms with van der Waals surface area (Å²) in [7, 11) is -3.96. The zero-order valence-electron chi connectivity index (χ0n) is 13.9. The molecule has 2 aromatic carbocycles. The summed E-state index contributed by atoms with van der Waals surface area (Å²) >= 11 is 0. The van der Waals surface area contributed by atoms with Gasteiger partial charge in [-0.05, 0) is 42.8 Å². The van der Waals surface area contributed by atoms with Crippen LogP contribution >= 0.6 is 0 Å². The Kier molecular flexibility index (Phi) is 5.10. The summed E-state index contributed by atoms with van der Waals surface area (Å²) in [5, 5.41) is 2.64. The van der Waals surface area contributed by atoms with Gasteiger partial charge in [0.05, 0.1) is 4.90 Å². The van der Waals surface area contributed by atoms with E-state index in [0.717, 1.165) is 24.3 Å². The minimum atomic E-state index is -3.96. The summed E-state index contributed by atoms with van der Waals surface area (Å²) in [6, 6.07) is 8.26. The number of halogens is 1. The molecule has 0 spiro atoms. The van der Waals surface area contributed by atoms with Crippen LogP contribution in [-0.2, 0) is 14.8 Å². The van der Waals surface area contributed by atoms with Gasteiger partial charge in [0.15, 0.2) is 11.5 Å². The fourth-order valence-electron chi connectivity index (χ4n) is 2.39. The number of hydrogen-bond acceptors (Lipinski definition) is 5. The number of rotatable bonds is 6. The van der Waals surface area contributed by atoms with Crippen molar-refractivity contribution >= 4 is 21.6 Å². The SMILES string of the molecule is CCC(NS(=O)(=O)c1ccc(F)cc1)C(=O)Nc1ccc2c(c1)OCO2. The third-order valence-corrected chi connectivity index (χ3v) is 5.27. The number of fused-ring (bicyclic) bond motifs is 1. The van der Waals surface area contributed by atoms with Crippen LogP contribution < -0.4 is 19.5 Å². The topological polar surface area (TPSA) is 93.7 Å². The molecule has 9 heteroatoms. The second kappa shape index (κ2) is 7.30. The Balaban J connectivity index is 1.71. The lowest BCUT2D eigenvalue weighted by Gasteiger charge is -2.17. The van der Waals surface area contributed by atoms with E-state index in [4.69, 9.17) is 9.47 Å². The largest absolute Gasteiger partial charge is 0.454 e. The molecule has 3 rings (SSSR count). The lowest BCUT2D eigenvalue weighted by molar-refractivity contribution is -0.117. The molecule has 1 aliphatic heterocycles. The Hall–Kier alpha value is -2.65. The Morgan fingerprint density at radius 1 is 1.15 bits per heavy atom. The van der Waals surface area contributed by atoms with Gasteiger partial charge in [-0.25, -0.2) is 12.8 Å². The first-order chi connectivity index (χ1) is 12.4. The van der Waals surface area contributed by atoms with Gasteiger partial charge < -0.3 is 14.8 Å². The van der Waals surface area contributed by atoms with Crippen LogP contribution in [0.2, 0.25) is 0 Å². The first-order valence-corrected chi connectivity index (χ1v) is 9.36. The van der Waals surface area contributed by atoms with E-state index < -0.39 is 27.8 Å². The maximum absolute atomic E-state index is 13.0. The molecule has 0 aliphatic carbocycles. The molecule has 0 fully saturated rings. The lowest BCUT2D eigenvalue weighted by Crippen LogP contribution is -2.43. The van der Waals surface area contributed by atoms with Crippen molar-refractivity contribution in [1.82, 2.24) is 4.72 Å². The van der Waals surface area contributed by atoms with Crippen molar-refractivity contribution in [3.63, 3.8) is 0 Å². The normalized spacial score (nSPS) is 14.1.